The Kier molecular flexibility index (Phi) is 14.4. The summed E-state index contributed by atoms with van der Waals surface area (Å²) in [6.07, 6.45) is 19.9. The summed E-state index contributed by atoms with van der Waals surface area (Å²) in [7, 11) is -3.51. The molecule has 2 aliphatic rings. The van der Waals surface area contributed by atoms with Crippen LogP contribution in [-0.4, -0.2) is 35.6 Å². The largest absolute Gasteiger partial charge is 0.413 e. The minimum absolute atomic E-state index is 0.0971. The van der Waals surface area contributed by atoms with Crippen molar-refractivity contribution >= 4 is 22.4 Å². The van der Waals surface area contributed by atoms with E-state index in [9.17, 15) is 4.79 Å². The Labute approximate surface area is 288 Å². The third kappa shape index (κ3) is 11.0. The van der Waals surface area contributed by atoms with E-state index >= 15 is 0 Å². The average Bonchev–Trinajstić information content (AvgIpc) is 3.56. The van der Waals surface area contributed by atoms with Crippen LogP contribution in [0.5, 0.6) is 0 Å². The zero-order valence-corrected chi connectivity index (χ0v) is 35.1. The van der Waals surface area contributed by atoms with Crippen molar-refractivity contribution in [3.8, 4) is 0 Å². The maximum Gasteiger partial charge on any atom is 0.192 e. The number of ketones is 1. The van der Waals surface area contributed by atoms with Crippen molar-refractivity contribution in [2.24, 2.45) is 16.7 Å². The number of carbonyl (C=O) groups excluding carboxylic acids is 1. The van der Waals surface area contributed by atoms with E-state index in [1.54, 1.807) is 0 Å². The average molecular weight is 671 g/mol. The van der Waals surface area contributed by atoms with Gasteiger partial charge in [-0.05, 0) is 139 Å². The lowest BCUT2D eigenvalue weighted by atomic mass is 9.69. The molecule has 2 saturated carbocycles. The maximum absolute atomic E-state index is 13.3. The van der Waals surface area contributed by atoms with Gasteiger partial charge in [-0.2, -0.15) is 0 Å². The Morgan fingerprint density at radius 1 is 0.804 bits per heavy atom. The zero-order valence-electron chi connectivity index (χ0n) is 33.1. The minimum atomic E-state index is -1.77. The lowest BCUT2D eigenvalue weighted by molar-refractivity contribution is -0.129. The van der Waals surface area contributed by atoms with Crippen LogP contribution < -0.4 is 0 Å². The van der Waals surface area contributed by atoms with Crippen LogP contribution in [0.4, 0.5) is 0 Å². The molecule has 5 heteroatoms. The smallest absolute Gasteiger partial charge is 0.192 e. The summed E-state index contributed by atoms with van der Waals surface area (Å²) >= 11 is 0. The van der Waals surface area contributed by atoms with E-state index in [4.69, 9.17) is 8.85 Å². The van der Waals surface area contributed by atoms with Crippen LogP contribution >= 0.6 is 0 Å². The number of rotatable bonds is 17. The van der Waals surface area contributed by atoms with Crippen LogP contribution in [0.3, 0.4) is 0 Å². The second-order valence-electron chi connectivity index (χ2n) is 18.5. The minimum Gasteiger partial charge on any atom is -0.413 e. The van der Waals surface area contributed by atoms with Gasteiger partial charge in [0, 0.05) is 11.8 Å². The van der Waals surface area contributed by atoms with Crippen molar-refractivity contribution in [2.45, 2.75) is 177 Å². The molecule has 0 unspecified atom stereocenters. The molecule has 0 N–H and O–H groups in total. The third-order valence-electron chi connectivity index (χ3n) is 12.6. The van der Waals surface area contributed by atoms with Gasteiger partial charge < -0.3 is 8.85 Å². The molecule has 0 aromatic heterocycles. The summed E-state index contributed by atoms with van der Waals surface area (Å²) in [5.74, 6) is 1.14. The molecule has 0 aromatic rings. The number of hydrogen-bond acceptors (Lipinski definition) is 3. The van der Waals surface area contributed by atoms with Gasteiger partial charge in [0.2, 0.25) is 0 Å². The van der Waals surface area contributed by atoms with E-state index in [0.717, 1.165) is 70.8 Å². The Morgan fingerprint density at radius 2 is 1.37 bits per heavy atom. The summed E-state index contributed by atoms with van der Waals surface area (Å²) in [5, 5.41) is 0.455. The van der Waals surface area contributed by atoms with Gasteiger partial charge in [0.15, 0.2) is 16.6 Å². The summed E-state index contributed by atoms with van der Waals surface area (Å²) in [6, 6.07) is 0. The first kappa shape index (κ1) is 41.2. The number of hydrogen-bond donors (Lipinski definition) is 0. The highest BCUT2D eigenvalue weighted by Gasteiger charge is 2.71. The predicted octanol–water partition coefficient (Wildman–Crippen LogP) is 12.9. The molecular formula is C41H74O3Si2. The van der Waals surface area contributed by atoms with Gasteiger partial charge in [0.25, 0.3) is 0 Å². The molecule has 3 nitrogen and oxygen atoms in total. The monoisotopic (exact) mass is 671 g/mol. The van der Waals surface area contributed by atoms with Crippen LogP contribution in [0.2, 0.25) is 36.3 Å². The number of Topliss-reactive ketones (excluding diaryl/α,β-unsaturated/α-hetero) is 1. The highest BCUT2D eigenvalue weighted by atomic mass is 28.4. The van der Waals surface area contributed by atoms with Crippen molar-refractivity contribution in [3.63, 3.8) is 0 Å². The summed E-state index contributed by atoms with van der Waals surface area (Å²) in [4.78, 5) is 13.3. The van der Waals surface area contributed by atoms with Crippen molar-refractivity contribution in [1.29, 1.82) is 0 Å². The quantitative estimate of drug-likeness (QED) is 0.114. The molecule has 0 bridgehead atoms. The molecule has 3 atom stereocenters. The van der Waals surface area contributed by atoms with Crippen molar-refractivity contribution in [3.05, 3.63) is 46.6 Å². The molecule has 2 aliphatic carbocycles. The molecule has 0 radical (unpaired) electrons. The number of allylic oxidation sites excluding steroid dienone is 6. The van der Waals surface area contributed by atoms with Gasteiger partial charge in [-0.25, -0.2) is 0 Å². The first-order valence-electron chi connectivity index (χ1n) is 18.4. The highest BCUT2D eigenvalue weighted by molar-refractivity contribution is 6.74. The molecule has 0 spiro atoms. The van der Waals surface area contributed by atoms with E-state index in [2.05, 4.69) is 127 Å². The second-order valence-corrected chi connectivity index (χ2v) is 28.1. The standard InChI is InChI=1S/C41H74O3Si2/c1-32(2)18-16-20-35(30-44-46(14,15)39(8,9)10)21-17-19-33(3)22-23-36-24-25-37(42)41(31-40(36,41)11)28-26-34(4)27-29-43-45(12,13)38(5,6)7/h18,21-22,27,36H,16-17,19-20,23-26,28-31H2,1-15H3/b33-22+,34-27+,35-21-/t36-,40-,41+/m0/s1. The van der Waals surface area contributed by atoms with E-state index in [1.165, 1.54) is 22.3 Å². The maximum atomic E-state index is 13.3. The third-order valence-corrected chi connectivity index (χ3v) is 21.6. The van der Waals surface area contributed by atoms with E-state index < -0.39 is 16.6 Å². The summed E-state index contributed by atoms with van der Waals surface area (Å²) < 4.78 is 13.0. The Morgan fingerprint density at radius 3 is 1.96 bits per heavy atom. The SMILES string of the molecule is CC(C)=CCC/C(=C/CC/C(C)=C/C[C@H]1CCC(=O)[C@@]2(CC/C(C)=C/CO[Si](C)(C)C(C)(C)C)C[C@@]12C)CO[Si](C)(C)C(C)(C)C. The topological polar surface area (TPSA) is 35.5 Å². The van der Waals surface area contributed by atoms with Crippen LogP contribution in [0.15, 0.2) is 46.6 Å². The van der Waals surface area contributed by atoms with Gasteiger partial charge in [0.1, 0.15) is 5.78 Å². The van der Waals surface area contributed by atoms with Crippen LogP contribution in [-0.2, 0) is 13.6 Å². The van der Waals surface area contributed by atoms with Gasteiger partial charge >= 0.3 is 0 Å². The van der Waals surface area contributed by atoms with Crippen molar-refractivity contribution < 1.29 is 13.6 Å². The molecule has 0 heterocycles. The van der Waals surface area contributed by atoms with Crippen molar-refractivity contribution in [2.75, 3.05) is 13.2 Å². The first-order valence-corrected chi connectivity index (χ1v) is 24.2. The zero-order chi connectivity index (χ0) is 35.2. The Balaban J connectivity index is 1.97. The summed E-state index contributed by atoms with van der Waals surface area (Å²) in [6.45, 7) is 35.9. The lowest BCUT2D eigenvalue weighted by Crippen LogP contribution is -2.41. The first-order chi connectivity index (χ1) is 21.0. The molecule has 0 saturated heterocycles. The van der Waals surface area contributed by atoms with E-state index in [0.29, 0.717) is 18.3 Å². The Hall–Kier alpha value is -1.02. The van der Waals surface area contributed by atoms with Gasteiger partial charge in [0.05, 0.1) is 13.2 Å². The lowest BCUT2D eigenvalue weighted by Gasteiger charge is -2.36. The molecule has 0 aromatic carbocycles. The fraction of sp³-hybridized carbons (Fsp3) is 0.780. The van der Waals surface area contributed by atoms with E-state index in [1.807, 2.05) is 0 Å². The van der Waals surface area contributed by atoms with Crippen LogP contribution in [0.25, 0.3) is 0 Å². The number of fused-ring (bicyclic) bond motifs is 1. The van der Waals surface area contributed by atoms with Crippen molar-refractivity contribution in [1.82, 2.24) is 0 Å². The molecule has 2 rings (SSSR count). The molecule has 0 amide bonds. The molecule has 2 fully saturated rings. The number of carbonyl (C=O) groups is 1. The van der Waals surface area contributed by atoms with Crippen LogP contribution in [0, 0.1) is 16.7 Å². The van der Waals surface area contributed by atoms with Gasteiger partial charge in [-0.3, -0.25) is 4.79 Å². The van der Waals surface area contributed by atoms with E-state index in [-0.39, 0.29) is 20.9 Å². The predicted molar refractivity (Wildman–Crippen MR) is 207 cm³/mol. The fourth-order valence-corrected chi connectivity index (χ4v) is 8.54. The fourth-order valence-electron chi connectivity index (χ4n) is 6.63. The molecule has 0 aliphatic heterocycles. The van der Waals surface area contributed by atoms with Crippen LogP contribution in [0.1, 0.15) is 140 Å². The normalized spacial score (nSPS) is 25.1. The van der Waals surface area contributed by atoms with Gasteiger partial charge in [-0.1, -0.05) is 89.5 Å². The van der Waals surface area contributed by atoms with Gasteiger partial charge in [-0.15, -0.1) is 0 Å². The highest BCUT2D eigenvalue weighted by Crippen LogP contribution is 2.74. The second kappa shape index (κ2) is 16.1. The summed E-state index contributed by atoms with van der Waals surface area (Å²) in [5.41, 5.74) is 5.76. The molecule has 264 valence electrons. The Bertz CT molecular complexity index is 1150. The molecule has 46 heavy (non-hydrogen) atoms. The molecular weight excluding hydrogens is 597 g/mol.